The lowest BCUT2D eigenvalue weighted by molar-refractivity contribution is 0.103. The van der Waals surface area contributed by atoms with Gasteiger partial charge in [0.1, 0.15) is 5.75 Å². The van der Waals surface area contributed by atoms with Gasteiger partial charge in [0.05, 0.1) is 22.7 Å². The van der Waals surface area contributed by atoms with Gasteiger partial charge in [-0.1, -0.05) is 23.2 Å². The number of rotatable bonds is 4. The molecular weight excluding hydrogens is 310 g/mol. The van der Waals surface area contributed by atoms with Crippen LogP contribution < -0.4 is 4.74 Å². The summed E-state index contributed by atoms with van der Waals surface area (Å²) in [5.74, 6) is 0.594. The summed E-state index contributed by atoms with van der Waals surface area (Å²) >= 11 is 6.45. The third kappa shape index (κ3) is 3.06. The van der Waals surface area contributed by atoms with Crippen molar-refractivity contribution in [2.45, 2.75) is 13.8 Å². The molecule has 0 radical (unpaired) electrons. The molecule has 0 fully saturated rings. The second-order valence-electron chi connectivity index (χ2n) is 5.29. The highest BCUT2D eigenvalue weighted by Crippen LogP contribution is 2.28. The van der Waals surface area contributed by atoms with Crippen LogP contribution in [0.15, 0.2) is 48.7 Å². The second-order valence-corrected chi connectivity index (χ2v) is 5.67. The van der Waals surface area contributed by atoms with Crippen molar-refractivity contribution in [1.29, 1.82) is 0 Å². The zero-order chi connectivity index (χ0) is 16.4. The quantitative estimate of drug-likeness (QED) is 0.645. The lowest BCUT2D eigenvalue weighted by atomic mass is 10.0. The molecule has 23 heavy (non-hydrogen) atoms. The number of carbonyl (C=O) groups excluding carboxylic acids is 1. The van der Waals surface area contributed by atoms with E-state index in [2.05, 4.69) is 4.98 Å². The van der Waals surface area contributed by atoms with Crippen LogP contribution in [-0.4, -0.2) is 17.4 Å². The molecule has 3 aromatic rings. The van der Waals surface area contributed by atoms with Crippen molar-refractivity contribution in [3.8, 4) is 5.75 Å². The number of nitrogens with zero attached hydrogens (tertiary/aromatic N) is 1. The Labute approximate surface area is 139 Å². The average Bonchev–Trinajstić information content (AvgIpc) is 2.56. The van der Waals surface area contributed by atoms with Gasteiger partial charge in [0.2, 0.25) is 0 Å². The number of ether oxygens (including phenoxy) is 1. The van der Waals surface area contributed by atoms with E-state index in [0.29, 0.717) is 22.8 Å². The molecule has 0 amide bonds. The normalized spacial score (nSPS) is 10.7. The summed E-state index contributed by atoms with van der Waals surface area (Å²) in [5.41, 5.74) is 2.83. The van der Waals surface area contributed by atoms with E-state index in [1.54, 1.807) is 30.5 Å². The molecule has 0 saturated heterocycles. The van der Waals surface area contributed by atoms with Crippen molar-refractivity contribution in [3.63, 3.8) is 0 Å². The minimum atomic E-state index is -0.144. The Bertz CT molecular complexity index is 872. The molecule has 0 spiro atoms. The molecule has 0 atom stereocenters. The molecule has 0 bridgehead atoms. The van der Waals surface area contributed by atoms with Crippen LogP contribution in [-0.2, 0) is 0 Å². The molecule has 116 valence electrons. The summed E-state index contributed by atoms with van der Waals surface area (Å²) in [4.78, 5) is 17.0. The summed E-state index contributed by atoms with van der Waals surface area (Å²) < 4.78 is 5.39. The maximum absolute atomic E-state index is 12.7. The van der Waals surface area contributed by atoms with Gasteiger partial charge in [0.15, 0.2) is 5.78 Å². The Morgan fingerprint density at radius 2 is 1.91 bits per heavy atom. The number of ketones is 1. The van der Waals surface area contributed by atoms with Gasteiger partial charge in [-0.15, -0.1) is 0 Å². The molecule has 0 unspecified atom stereocenters. The highest BCUT2D eigenvalue weighted by molar-refractivity contribution is 6.39. The summed E-state index contributed by atoms with van der Waals surface area (Å²) in [5, 5.41) is 1.24. The first-order valence-electron chi connectivity index (χ1n) is 7.42. The minimum absolute atomic E-state index is 0.144. The SMILES string of the molecule is CCOc1ccc(C(=O)c2cnc3ccc(C)cc3c2Cl)cc1. The van der Waals surface area contributed by atoms with E-state index < -0.39 is 0 Å². The molecule has 3 nitrogen and oxygen atoms in total. The molecule has 2 aromatic carbocycles. The molecule has 0 N–H and O–H groups in total. The largest absolute Gasteiger partial charge is 0.494 e. The third-order valence-corrected chi connectivity index (χ3v) is 4.04. The summed E-state index contributed by atoms with van der Waals surface area (Å²) in [6.07, 6.45) is 1.54. The van der Waals surface area contributed by atoms with Crippen LogP contribution in [0.3, 0.4) is 0 Å². The van der Waals surface area contributed by atoms with Crippen LogP contribution >= 0.6 is 11.6 Å². The Morgan fingerprint density at radius 3 is 2.61 bits per heavy atom. The van der Waals surface area contributed by atoms with Crippen molar-refractivity contribution in [1.82, 2.24) is 4.98 Å². The third-order valence-electron chi connectivity index (χ3n) is 3.63. The standard InChI is InChI=1S/C19H16ClNO2/c1-3-23-14-7-5-13(6-8-14)19(22)16-11-21-17-9-4-12(2)10-15(17)18(16)20/h4-11H,3H2,1-2H3. The predicted octanol–water partition coefficient (Wildman–Crippen LogP) is 4.83. The maximum atomic E-state index is 12.7. The number of benzene rings is 2. The van der Waals surface area contributed by atoms with E-state index >= 15 is 0 Å². The van der Waals surface area contributed by atoms with Gasteiger partial charge in [0, 0.05) is 17.1 Å². The number of halogens is 1. The average molecular weight is 326 g/mol. The van der Waals surface area contributed by atoms with Crippen LogP contribution in [0, 0.1) is 6.92 Å². The maximum Gasteiger partial charge on any atom is 0.196 e. The Balaban J connectivity index is 2.02. The number of aryl methyl sites for hydroxylation is 1. The number of fused-ring (bicyclic) bond motifs is 1. The van der Waals surface area contributed by atoms with Gasteiger partial charge in [-0.05, 0) is 50.2 Å². The van der Waals surface area contributed by atoms with Gasteiger partial charge >= 0.3 is 0 Å². The van der Waals surface area contributed by atoms with Crippen molar-refractivity contribution >= 4 is 28.3 Å². The Kier molecular flexibility index (Phi) is 4.30. The molecule has 0 aliphatic carbocycles. The fraction of sp³-hybridized carbons (Fsp3) is 0.158. The van der Waals surface area contributed by atoms with Gasteiger partial charge in [-0.2, -0.15) is 0 Å². The van der Waals surface area contributed by atoms with Gasteiger partial charge in [0.25, 0.3) is 0 Å². The van der Waals surface area contributed by atoms with Crippen molar-refractivity contribution in [2.24, 2.45) is 0 Å². The molecule has 1 heterocycles. The first-order valence-corrected chi connectivity index (χ1v) is 7.80. The van der Waals surface area contributed by atoms with Gasteiger partial charge in [-0.25, -0.2) is 0 Å². The van der Waals surface area contributed by atoms with Crippen molar-refractivity contribution in [2.75, 3.05) is 6.61 Å². The summed E-state index contributed by atoms with van der Waals surface area (Å²) in [6, 6.07) is 12.9. The van der Waals surface area contributed by atoms with E-state index in [9.17, 15) is 4.79 Å². The fourth-order valence-electron chi connectivity index (χ4n) is 2.46. The number of aromatic nitrogens is 1. The molecule has 3 rings (SSSR count). The molecule has 0 aliphatic heterocycles. The van der Waals surface area contributed by atoms with Crippen molar-refractivity contribution in [3.05, 3.63) is 70.4 Å². The van der Waals surface area contributed by atoms with Crippen LogP contribution in [0.25, 0.3) is 10.9 Å². The minimum Gasteiger partial charge on any atom is -0.494 e. The molecular formula is C19H16ClNO2. The van der Waals surface area contributed by atoms with E-state index in [-0.39, 0.29) is 5.78 Å². The van der Waals surface area contributed by atoms with Gasteiger partial charge in [-0.3, -0.25) is 9.78 Å². The van der Waals surface area contributed by atoms with E-state index in [1.165, 1.54) is 0 Å². The highest BCUT2D eigenvalue weighted by atomic mass is 35.5. The first kappa shape index (κ1) is 15.5. The van der Waals surface area contributed by atoms with Crippen LogP contribution in [0.4, 0.5) is 0 Å². The van der Waals surface area contributed by atoms with Crippen molar-refractivity contribution < 1.29 is 9.53 Å². The first-order chi connectivity index (χ1) is 11.1. The molecule has 0 aliphatic rings. The topological polar surface area (TPSA) is 39.2 Å². The van der Waals surface area contributed by atoms with E-state index in [1.807, 2.05) is 32.0 Å². The second kappa shape index (κ2) is 6.39. The Morgan fingerprint density at radius 1 is 1.17 bits per heavy atom. The number of hydrogen-bond acceptors (Lipinski definition) is 3. The van der Waals surface area contributed by atoms with Crippen LogP contribution in [0.2, 0.25) is 5.02 Å². The summed E-state index contributed by atoms with van der Waals surface area (Å²) in [7, 11) is 0. The van der Waals surface area contributed by atoms with Crippen LogP contribution in [0.5, 0.6) is 5.75 Å². The zero-order valence-electron chi connectivity index (χ0n) is 13.0. The lowest BCUT2D eigenvalue weighted by Crippen LogP contribution is -2.04. The van der Waals surface area contributed by atoms with Gasteiger partial charge < -0.3 is 4.74 Å². The highest BCUT2D eigenvalue weighted by Gasteiger charge is 2.16. The number of carbonyl (C=O) groups is 1. The van der Waals surface area contributed by atoms with E-state index in [4.69, 9.17) is 16.3 Å². The number of pyridine rings is 1. The summed E-state index contributed by atoms with van der Waals surface area (Å²) in [6.45, 7) is 4.49. The monoisotopic (exact) mass is 325 g/mol. The zero-order valence-corrected chi connectivity index (χ0v) is 13.7. The molecule has 0 saturated carbocycles. The predicted molar refractivity (Wildman–Crippen MR) is 92.5 cm³/mol. The lowest BCUT2D eigenvalue weighted by Gasteiger charge is -2.08. The Hall–Kier alpha value is -2.39. The smallest absolute Gasteiger partial charge is 0.196 e. The van der Waals surface area contributed by atoms with E-state index in [0.717, 1.165) is 22.2 Å². The molecule has 1 aromatic heterocycles. The molecule has 4 heteroatoms. The number of hydrogen-bond donors (Lipinski definition) is 0. The fourth-order valence-corrected chi connectivity index (χ4v) is 2.74. The van der Waals surface area contributed by atoms with Crippen LogP contribution in [0.1, 0.15) is 28.4 Å².